The van der Waals surface area contributed by atoms with Crippen molar-refractivity contribution < 1.29 is 0 Å². The predicted octanol–water partition coefficient (Wildman–Crippen LogP) is 2.29. The van der Waals surface area contributed by atoms with Crippen LogP contribution in [0.5, 0.6) is 0 Å². The van der Waals surface area contributed by atoms with Crippen LogP contribution in [0.25, 0.3) is 0 Å². The topological polar surface area (TPSA) is 3.24 Å². The van der Waals surface area contributed by atoms with Gasteiger partial charge in [0.2, 0.25) is 0 Å². The Morgan fingerprint density at radius 3 is 2.55 bits per heavy atom. The molecule has 0 aromatic heterocycles. The van der Waals surface area contributed by atoms with Gasteiger partial charge in [0, 0.05) is 15.5 Å². The first kappa shape index (κ1) is 8.30. The van der Waals surface area contributed by atoms with Gasteiger partial charge < -0.3 is 4.90 Å². The van der Waals surface area contributed by atoms with Gasteiger partial charge in [-0.1, -0.05) is 29.5 Å². The van der Waals surface area contributed by atoms with Crippen LogP contribution >= 0.6 is 22.6 Å². The van der Waals surface area contributed by atoms with Crippen LogP contribution < -0.4 is 0 Å². The molecule has 1 aliphatic heterocycles. The van der Waals surface area contributed by atoms with Crippen LogP contribution in [0.1, 0.15) is 26.7 Å². The Bertz CT molecular complexity index is 176. The van der Waals surface area contributed by atoms with E-state index in [1.807, 2.05) is 0 Å². The standard InChI is InChI=1S/C9H16IN/c1-6-8-4-7(11(6)3)5-9(8,2)10/h6-8H,4-5H2,1-3H3/t6-,7?,8?,9?/m1/s1. The summed E-state index contributed by atoms with van der Waals surface area (Å²) in [7, 11) is 2.28. The average molecular weight is 265 g/mol. The third kappa shape index (κ3) is 1.05. The van der Waals surface area contributed by atoms with E-state index in [2.05, 4.69) is 48.4 Å². The van der Waals surface area contributed by atoms with E-state index in [1.54, 1.807) is 0 Å². The molecule has 2 rings (SSSR count). The van der Waals surface area contributed by atoms with Crippen molar-refractivity contribution >= 4 is 22.6 Å². The highest BCUT2D eigenvalue weighted by Crippen LogP contribution is 2.52. The SMILES string of the molecule is C[C@@H]1C2CC(CC2(C)I)N1C. The lowest BCUT2D eigenvalue weighted by atomic mass is 9.90. The molecule has 0 aromatic carbocycles. The van der Waals surface area contributed by atoms with Gasteiger partial charge in [0.15, 0.2) is 0 Å². The van der Waals surface area contributed by atoms with Crippen LogP contribution in [0.2, 0.25) is 0 Å². The molecule has 0 amide bonds. The number of likely N-dealkylation sites (tertiary alicyclic amines) is 1. The van der Waals surface area contributed by atoms with E-state index >= 15 is 0 Å². The van der Waals surface area contributed by atoms with Crippen LogP contribution in [0, 0.1) is 5.92 Å². The zero-order valence-electron chi connectivity index (χ0n) is 7.47. The van der Waals surface area contributed by atoms with Gasteiger partial charge in [-0.3, -0.25) is 0 Å². The fourth-order valence-corrected chi connectivity index (χ4v) is 4.14. The summed E-state index contributed by atoms with van der Waals surface area (Å²) >= 11 is 2.66. The van der Waals surface area contributed by atoms with Crippen LogP contribution in [-0.4, -0.2) is 27.5 Å². The van der Waals surface area contributed by atoms with E-state index in [1.165, 1.54) is 12.8 Å². The molecule has 0 aromatic rings. The van der Waals surface area contributed by atoms with Crippen LogP contribution in [0.15, 0.2) is 0 Å². The molecule has 3 unspecified atom stereocenters. The monoisotopic (exact) mass is 265 g/mol. The first-order chi connectivity index (χ1) is 5.02. The summed E-state index contributed by atoms with van der Waals surface area (Å²) in [6.45, 7) is 4.79. The Balaban J connectivity index is 2.23. The van der Waals surface area contributed by atoms with Gasteiger partial charge in [-0.15, -0.1) is 0 Å². The van der Waals surface area contributed by atoms with Crippen molar-refractivity contribution in [2.45, 2.75) is 42.2 Å². The molecule has 4 atom stereocenters. The van der Waals surface area contributed by atoms with Gasteiger partial charge in [0.05, 0.1) is 0 Å². The summed E-state index contributed by atoms with van der Waals surface area (Å²) in [4.78, 5) is 2.56. The number of nitrogens with zero attached hydrogens (tertiary/aromatic N) is 1. The van der Waals surface area contributed by atoms with Gasteiger partial charge in [0.25, 0.3) is 0 Å². The Morgan fingerprint density at radius 2 is 2.18 bits per heavy atom. The van der Waals surface area contributed by atoms with E-state index in [9.17, 15) is 0 Å². The maximum absolute atomic E-state index is 2.66. The van der Waals surface area contributed by atoms with Crippen LogP contribution in [0.3, 0.4) is 0 Å². The largest absolute Gasteiger partial charge is 0.300 e. The Kier molecular flexibility index (Phi) is 1.77. The summed E-state index contributed by atoms with van der Waals surface area (Å²) in [5.74, 6) is 0.943. The molecule has 1 saturated heterocycles. The summed E-state index contributed by atoms with van der Waals surface area (Å²) in [5.41, 5.74) is 0. The number of piperidine rings is 1. The zero-order valence-corrected chi connectivity index (χ0v) is 9.63. The van der Waals surface area contributed by atoms with E-state index in [4.69, 9.17) is 0 Å². The van der Waals surface area contributed by atoms with Crippen molar-refractivity contribution in [3.05, 3.63) is 0 Å². The molecule has 11 heavy (non-hydrogen) atoms. The molecule has 2 heteroatoms. The second-order valence-corrected chi connectivity index (χ2v) is 6.85. The van der Waals surface area contributed by atoms with Crippen molar-refractivity contribution in [3.63, 3.8) is 0 Å². The Morgan fingerprint density at radius 1 is 1.55 bits per heavy atom. The minimum atomic E-state index is 0.592. The highest BCUT2D eigenvalue weighted by Gasteiger charge is 2.52. The molecule has 1 nitrogen and oxygen atoms in total. The van der Waals surface area contributed by atoms with Crippen molar-refractivity contribution in [3.8, 4) is 0 Å². The van der Waals surface area contributed by atoms with E-state index in [0.717, 1.165) is 18.0 Å². The smallest absolute Gasteiger partial charge is 0.0252 e. The second-order valence-electron chi connectivity index (χ2n) is 4.38. The minimum absolute atomic E-state index is 0.592. The predicted molar refractivity (Wildman–Crippen MR) is 56.2 cm³/mol. The third-order valence-corrected chi connectivity index (χ3v) is 4.97. The molecule has 64 valence electrons. The summed E-state index contributed by atoms with van der Waals surface area (Å²) in [6, 6.07) is 1.70. The van der Waals surface area contributed by atoms with Gasteiger partial charge in [-0.05, 0) is 32.7 Å². The minimum Gasteiger partial charge on any atom is -0.300 e. The molecule has 0 radical (unpaired) electrons. The maximum Gasteiger partial charge on any atom is 0.0252 e. The molecule has 2 bridgehead atoms. The van der Waals surface area contributed by atoms with E-state index in [-0.39, 0.29) is 0 Å². The summed E-state index contributed by atoms with van der Waals surface area (Å²) in [6.07, 6.45) is 2.84. The lowest BCUT2D eigenvalue weighted by Crippen LogP contribution is -2.44. The van der Waals surface area contributed by atoms with Gasteiger partial charge >= 0.3 is 0 Å². The lowest BCUT2D eigenvalue weighted by molar-refractivity contribution is 0.173. The molecule has 0 N–H and O–H groups in total. The molecule has 1 saturated carbocycles. The fourth-order valence-electron chi connectivity index (χ4n) is 2.86. The second kappa shape index (κ2) is 2.34. The summed E-state index contributed by atoms with van der Waals surface area (Å²) in [5, 5.41) is 0. The van der Waals surface area contributed by atoms with Gasteiger partial charge in [-0.2, -0.15) is 0 Å². The normalized spacial score (nSPS) is 57.3. The van der Waals surface area contributed by atoms with E-state index < -0.39 is 0 Å². The molecule has 2 fully saturated rings. The highest BCUT2D eigenvalue weighted by atomic mass is 127. The van der Waals surface area contributed by atoms with Gasteiger partial charge in [-0.25, -0.2) is 0 Å². The van der Waals surface area contributed by atoms with E-state index in [0.29, 0.717) is 3.42 Å². The average Bonchev–Trinajstić information content (AvgIpc) is 2.31. The highest BCUT2D eigenvalue weighted by molar-refractivity contribution is 14.1. The molecule has 1 heterocycles. The van der Waals surface area contributed by atoms with Crippen molar-refractivity contribution in [1.82, 2.24) is 4.90 Å². The van der Waals surface area contributed by atoms with Crippen molar-refractivity contribution in [2.24, 2.45) is 5.92 Å². The zero-order chi connectivity index (χ0) is 8.22. The number of hydrogen-bond donors (Lipinski definition) is 0. The van der Waals surface area contributed by atoms with Gasteiger partial charge in [0.1, 0.15) is 0 Å². The maximum atomic E-state index is 2.66. The molecule has 0 spiro atoms. The first-order valence-electron chi connectivity index (χ1n) is 4.43. The molecule has 2 aliphatic rings. The van der Waals surface area contributed by atoms with Crippen LogP contribution in [0.4, 0.5) is 0 Å². The number of alkyl halides is 1. The van der Waals surface area contributed by atoms with Crippen molar-refractivity contribution in [2.75, 3.05) is 7.05 Å². The fraction of sp³-hybridized carbons (Fsp3) is 1.00. The lowest BCUT2D eigenvalue weighted by Gasteiger charge is -2.38. The summed E-state index contributed by atoms with van der Waals surface area (Å²) < 4.78 is 0.592. The molecule has 1 aliphatic carbocycles. The quantitative estimate of drug-likeness (QED) is 0.480. The number of hydrogen-bond acceptors (Lipinski definition) is 1. The molecular weight excluding hydrogens is 249 g/mol. The number of fused-ring (bicyclic) bond motifs is 2. The molecular formula is C9H16IN. The number of rotatable bonds is 0. The Labute approximate surface area is 82.7 Å². The third-order valence-electron chi connectivity index (χ3n) is 3.73. The number of halogens is 1. The van der Waals surface area contributed by atoms with Crippen LogP contribution in [-0.2, 0) is 0 Å². The Hall–Kier alpha value is 0.690. The van der Waals surface area contributed by atoms with Crippen molar-refractivity contribution in [1.29, 1.82) is 0 Å². The first-order valence-corrected chi connectivity index (χ1v) is 5.51.